The van der Waals surface area contributed by atoms with E-state index in [9.17, 15) is 18.0 Å². The molecule has 3 rings (SSSR count). The zero-order valence-corrected chi connectivity index (χ0v) is 18.0. The van der Waals surface area contributed by atoms with Gasteiger partial charge < -0.3 is 16.4 Å². The van der Waals surface area contributed by atoms with Gasteiger partial charge in [0.2, 0.25) is 5.91 Å². The number of halogens is 3. The number of nitrogens with two attached hydrogens (primary N) is 1. The minimum absolute atomic E-state index is 0.000716. The van der Waals surface area contributed by atoms with Gasteiger partial charge in [-0.3, -0.25) is 4.79 Å². The summed E-state index contributed by atoms with van der Waals surface area (Å²) in [6.45, 7) is 11.2. The second-order valence-corrected chi connectivity index (χ2v) is 8.28. The molecule has 2 atom stereocenters. The molecular weight excluding hydrogens is 417 g/mol. The van der Waals surface area contributed by atoms with Crippen LogP contribution in [-0.2, 0) is 4.79 Å². The molecule has 0 bridgehead atoms. The number of allylic oxidation sites excluding steroid dienone is 1. The van der Waals surface area contributed by atoms with E-state index in [0.717, 1.165) is 32.1 Å². The third-order valence-electron chi connectivity index (χ3n) is 5.80. The monoisotopic (exact) mass is 446 g/mol. The molecule has 0 radical (unpaired) electrons. The normalized spacial score (nSPS) is 20.9. The van der Waals surface area contributed by atoms with E-state index < -0.39 is 11.7 Å². The molecule has 32 heavy (non-hydrogen) atoms. The topological polar surface area (TPSA) is 80.0 Å². The van der Waals surface area contributed by atoms with Crippen LogP contribution in [-0.4, -0.2) is 35.7 Å². The summed E-state index contributed by atoms with van der Waals surface area (Å²) < 4.78 is 40.4. The number of hydrogen-bond donors (Lipinski definition) is 3. The van der Waals surface area contributed by atoms with Crippen LogP contribution < -0.4 is 16.4 Å². The van der Waals surface area contributed by atoms with Crippen LogP contribution in [0.15, 0.2) is 31.9 Å². The van der Waals surface area contributed by atoms with Crippen molar-refractivity contribution in [1.29, 1.82) is 0 Å². The molecule has 2 saturated carbocycles. The molecule has 0 aromatic carbocycles. The summed E-state index contributed by atoms with van der Waals surface area (Å²) >= 11 is 0. The van der Waals surface area contributed by atoms with Crippen LogP contribution in [0.1, 0.15) is 54.6 Å². The Balaban J connectivity index is 1.90. The van der Waals surface area contributed by atoms with Crippen molar-refractivity contribution in [2.24, 2.45) is 11.7 Å². The maximum absolute atomic E-state index is 13.5. The number of nitrogens with zero attached hydrogens (tertiary/aromatic N) is 1. The Bertz CT molecular complexity index is 947. The van der Waals surface area contributed by atoms with E-state index >= 15 is 0 Å². The summed E-state index contributed by atoms with van der Waals surface area (Å²) in [5, 5.41) is 6.04. The molecule has 2 fully saturated rings. The lowest BCUT2D eigenvalue weighted by molar-refractivity contribution is -0.122. The summed E-state index contributed by atoms with van der Waals surface area (Å²) in [4.78, 5) is 15.9. The summed E-state index contributed by atoms with van der Waals surface area (Å²) in [6.07, 6.45) is 4.43. The van der Waals surface area contributed by atoms with Crippen LogP contribution in [0.5, 0.6) is 0 Å². The Morgan fingerprint density at radius 3 is 2.53 bits per heavy atom. The quantitative estimate of drug-likeness (QED) is 0.529. The van der Waals surface area contributed by atoms with Gasteiger partial charge in [-0.1, -0.05) is 31.9 Å². The maximum atomic E-state index is 13.5. The molecule has 172 valence electrons. The minimum Gasteiger partial charge on any atom is -0.381 e. The fourth-order valence-corrected chi connectivity index (χ4v) is 3.78. The Kier molecular flexibility index (Phi) is 7.23. The van der Waals surface area contributed by atoms with Gasteiger partial charge in [-0.15, -0.1) is 0 Å². The SMILES string of the molecule is C=Cc1c(C(=C)NC2CCCC2N)cc(/C=C/CNC(=O)C2CC2)nc1C(=C)C(F)(F)F. The van der Waals surface area contributed by atoms with Gasteiger partial charge in [0, 0.05) is 41.4 Å². The molecular formula is C24H29F3N4O. The van der Waals surface area contributed by atoms with Crippen molar-refractivity contribution in [2.45, 2.75) is 50.4 Å². The fraction of sp³-hybridized carbons (Fsp3) is 0.417. The van der Waals surface area contributed by atoms with Crippen molar-refractivity contribution >= 4 is 29.3 Å². The number of carbonyl (C=O) groups excluding carboxylic acids is 1. The lowest BCUT2D eigenvalue weighted by Crippen LogP contribution is -2.39. The molecule has 0 spiro atoms. The number of rotatable bonds is 9. The van der Waals surface area contributed by atoms with Crippen LogP contribution in [0, 0.1) is 5.92 Å². The highest BCUT2D eigenvalue weighted by Crippen LogP contribution is 2.36. The van der Waals surface area contributed by atoms with Crippen molar-refractivity contribution in [1.82, 2.24) is 15.6 Å². The molecule has 0 aliphatic heterocycles. The van der Waals surface area contributed by atoms with Crippen LogP contribution in [0.25, 0.3) is 23.4 Å². The number of nitrogens with one attached hydrogen (secondary N) is 2. The molecule has 1 aromatic rings. The smallest absolute Gasteiger partial charge is 0.381 e. The largest absolute Gasteiger partial charge is 0.417 e. The summed E-state index contributed by atoms with van der Waals surface area (Å²) in [5.41, 5.74) is 6.18. The third kappa shape index (κ3) is 5.68. The first-order valence-electron chi connectivity index (χ1n) is 10.7. The van der Waals surface area contributed by atoms with Crippen LogP contribution in [0.4, 0.5) is 13.2 Å². The number of pyridine rings is 1. The molecule has 5 nitrogen and oxygen atoms in total. The second kappa shape index (κ2) is 9.73. The number of amides is 1. The molecule has 2 aliphatic rings. The number of alkyl halides is 3. The van der Waals surface area contributed by atoms with Gasteiger partial charge in [-0.05, 0) is 44.2 Å². The standard InChI is InChI=1S/C24H29F3N4O/c1-4-18-19(15(3)30-21-9-5-8-20(21)28)13-17(31-22(18)14(2)24(25,26)27)7-6-12-29-23(32)16-10-11-16/h4,6-7,13,16,20-21,30H,1-3,5,8-12,28H2,(H,29,32)/b7-6+. The number of carbonyl (C=O) groups is 1. The van der Waals surface area contributed by atoms with Crippen molar-refractivity contribution in [3.63, 3.8) is 0 Å². The number of hydrogen-bond acceptors (Lipinski definition) is 4. The van der Waals surface area contributed by atoms with Crippen LogP contribution in [0.2, 0.25) is 0 Å². The van der Waals surface area contributed by atoms with E-state index in [2.05, 4.69) is 35.4 Å². The lowest BCUT2D eigenvalue weighted by Gasteiger charge is -2.23. The van der Waals surface area contributed by atoms with Crippen molar-refractivity contribution < 1.29 is 18.0 Å². The van der Waals surface area contributed by atoms with Gasteiger partial charge in [-0.25, -0.2) is 4.98 Å². The van der Waals surface area contributed by atoms with E-state index in [1.165, 1.54) is 6.08 Å². The second-order valence-electron chi connectivity index (χ2n) is 8.28. The zero-order valence-electron chi connectivity index (χ0n) is 18.0. The van der Waals surface area contributed by atoms with Crippen LogP contribution in [0.3, 0.4) is 0 Å². The Labute approximate surface area is 186 Å². The van der Waals surface area contributed by atoms with Crippen molar-refractivity contribution in [2.75, 3.05) is 6.54 Å². The highest BCUT2D eigenvalue weighted by molar-refractivity contribution is 5.82. The first-order chi connectivity index (χ1) is 15.1. The molecule has 0 saturated heterocycles. The molecule has 1 aromatic heterocycles. The minimum atomic E-state index is -4.65. The van der Waals surface area contributed by atoms with Crippen LogP contribution >= 0.6 is 0 Å². The first-order valence-corrected chi connectivity index (χ1v) is 10.7. The van der Waals surface area contributed by atoms with Gasteiger partial charge >= 0.3 is 6.18 Å². The summed E-state index contributed by atoms with van der Waals surface area (Å²) in [5.74, 6) is 0.0694. The average Bonchev–Trinajstić information content (AvgIpc) is 3.52. The van der Waals surface area contributed by atoms with Gasteiger partial charge in [0.15, 0.2) is 0 Å². The molecule has 1 heterocycles. The Hall–Kier alpha value is -2.87. The highest BCUT2D eigenvalue weighted by atomic mass is 19.4. The van der Waals surface area contributed by atoms with E-state index in [-0.39, 0.29) is 41.7 Å². The third-order valence-corrected chi connectivity index (χ3v) is 5.80. The van der Waals surface area contributed by atoms with Gasteiger partial charge in [-0.2, -0.15) is 13.2 Å². The average molecular weight is 447 g/mol. The Morgan fingerprint density at radius 2 is 1.97 bits per heavy atom. The van der Waals surface area contributed by atoms with Gasteiger partial charge in [0.05, 0.1) is 17.0 Å². The Morgan fingerprint density at radius 1 is 1.25 bits per heavy atom. The predicted molar refractivity (Wildman–Crippen MR) is 122 cm³/mol. The lowest BCUT2D eigenvalue weighted by atomic mass is 9.97. The van der Waals surface area contributed by atoms with E-state index in [1.807, 2.05) is 0 Å². The molecule has 8 heteroatoms. The van der Waals surface area contributed by atoms with E-state index in [1.54, 1.807) is 18.2 Å². The van der Waals surface area contributed by atoms with Gasteiger partial charge in [0.1, 0.15) is 0 Å². The van der Waals surface area contributed by atoms with E-state index in [4.69, 9.17) is 5.73 Å². The van der Waals surface area contributed by atoms with E-state index in [0.29, 0.717) is 17.0 Å². The van der Waals surface area contributed by atoms with Gasteiger partial charge in [0.25, 0.3) is 0 Å². The highest BCUT2D eigenvalue weighted by Gasteiger charge is 2.36. The predicted octanol–water partition coefficient (Wildman–Crippen LogP) is 4.28. The molecule has 2 unspecified atom stereocenters. The molecule has 2 aliphatic carbocycles. The summed E-state index contributed by atoms with van der Waals surface area (Å²) in [6, 6.07) is 1.61. The fourth-order valence-electron chi connectivity index (χ4n) is 3.78. The molecule has 1 amide bonds. The van der Waals surface area contributed by atoms with Crippen molar-refractivity contribution in [3.05, 3.63) is 54.4 Å². The molecule has 4 N–H and O–H groups in total. The maximum Gasteiger partial charge on any atom is 0.417 e. The first kappa shape index (κ1) is 23.8. The zero-order chi connectivity index (χ0) is 23.5. The summed E-state index contributed by atoms with van der Waals surface area (Å²) in [7, 11) is 0. The van der Waals surface area contributed by atoms with Crippen molar-refractivity contribution in [3.8, 4) is 0 Å². The number of aromatic nitrogens is 1.